The number of hydrogen-bond donors (Lipinski definition) is 1. The van der Waals surface area contributed by atoms with Gasteiger partial charge in [-0.1, -0.05) is 12.2 Å². The zero-order valence-corrected chi connectivity index (χ0v) is 18.8. The quantitative estimate of drug-likeness (QED) is 0.654. The molecule has 0 radical (unpaired) electrons. The van der Waals surface area contributed by atoms with Crippen LogP contribution in [-0.4, -0.2) is 33.8 Å². The Kier molecular flexibility index (Phi) is 5.30. The fraction of sp³-hybridized carbons (Fsp3) is 0.333. The van der Waals surface area contributed by atoms with Crippen molar-refractivity contribution in [1.82, 2.24) is 15.3 Å². The molecular formula is C24H21F3N4O4. The minimum atomic E-state index is -4.70. The van der Waals surface area contributed by atoms with Gasteiger partial charge < -0.3 is 9.15 Å². The minimum Gasteiger partial charge on any atom is -0.469 e. The summed E-state index contributed by atoms with van der Waals surface area (Å²) in [4.78, 5) is 32.0. The van der Waals surface area contributed by atoms with E-state index < -0.39 is 29.6 Å². The monoisotopic (exact) mass is 486 g/mol. The summed E-state index contributed by atoms with van der Waals surface area (Å²) < 4.78 is 48.5. The van der Waals surface area contributed by atoms with E-state index in [0.29, 0.717) is 23.3 Å². The lowest BCUT2D eigenvalue weighted by atomic mass is 9.70. The molecule has 1 N–H and O–H groups in total. The largest absolute Gasteiger partial charge is 0.470 e. The number of nitrogens with zero attached hydrogens (tertiary/aromatic N) is 3. The maximum absolute atomic E-state index is 13.4. The van der Waals surface area contributed by atoms with Crippen LogP contribution in [0.2, 0.25) is 0 Å². The summed E-state index contributed by atoms with van der Waals surface area (Å²) >= 11 is 0. The number of aromatic nitrogens is 1. The van der Waals surface area contributed by atoms with Crippen molar-refractivity contribution < 1.29 is 31.9 Å². The first-order valence-electron chi connectivity index (χ1n) is 10.9. The topological polar surface area (TPSA) is 97.0 Å². The average Bonchev–Trinajstić information content (AvgIpc) is 3.53. The highest BCUT2D eigenvalue weighted by Gasteiger charge is 2.47. The SMILES string of the molecule is CC1(C)C(=O)N(Cc2ccc(C3NN=C(C(F)(F)F)O3)cn2)C(=O)C2=C1CC(c1ccco1)C=C2. The first-order chi connectivity index (χ1) is 16.6. The van der Waals surface area contributed by atoms with Crippen LogP contribution in [0.25, 0.3) is 0 Å². The summed E-state index contributed by atoms with van der Waals surface area (Å²) in [5, 5.41) is 3.15. The van der Waals surface area contributed by atoms with Gasteiger partial charge in [0.1, 0.15) is 5.76 Å². The zero-order chi connectivity index (χ0) is 25.0. The summed E-state index contributed by atoms with van der Waals surface area (Å²) in [6.45, 7) is 3.51. The van der Waals surface area contributed by atoms with Gasteiger partial charge in [-0.15, -0.1) is 5.10 Å². The number of ether oxygens (including phenoxy) is 1. The van der Waals surface area contributed by atoms with E-state index in [4.69, 9.17) is 9.15 Å². The molecule has 2 aliphatic heterocycles. The van der Waals surface area contributed by atoms with Gasteiger partial charge in [-0.3, -0.25) is 24.9 Å². The number of carbonyl (C=O) groups is 2. The fourth-order valence-electron chi connectivity index (χ4n) is 4.45. The Balaban J connectivity index is 1.32. The molecule has 0 saturated heterocycles. The highest BCUT2D eigenvalue weighted by atomic mass is 19.4. The number of carbonyl (C=O) groups excluding carboxylic acids is 2. The molecule has 0 bridgehead atoms. The van der Waals surface area contributed by atoms with Crippen molar-refractivity contribution in [3.63, 3.8) is 0 Å². The van der Waals surface area contributed by atoms with E-state index in [-0.39, 0.29) is 18.4 Å². The van der Waals surface area contributed by atoms with E-state index >= 15 is 0 Å². The maximum atomic E-state index is 13.4. The summed E-state index contributed by atoms with van der Waals surface area (Å²) in [5.41, 5.74) is 3.32. The Labute approximate surface area is 198 Å². The molecule has 2 atom stereocenters. The van der Waals surface area contributed by atoms with Gasteiger partial charge in [-0.2, -0.15) is 13.2 Å². The summed E-state index contributed by atoms with van der Waals surface area (Å²) in [5.74, 6) is -1.41. The normalized spacial score (nSPS) is 23.7. The smallest absolute Gasteiger partial charge is 0.469 e. The average molecular weight is 486 g/mol. The molecular weight excluding hydrogens is 465 g/mol. The molecule has 182 valence electrons. The Morgan fingerprint density at radius 3 is 2.66 bits per heavy atom. The first-order valence-corrected chi connectivity index (χ1v) is 10.9. The van der Waals surface area contributed by atoms with Crippen LogP contribution in [0.4, 0.5) is 13.2 Å². The number of amides is 2. The third kappa shape index (κ3) is 4.00. The predicted molar refractivity (Wildman–Crippen MR) is 116 cm³/mol. The molecule has 2 aromatic heterocycles. The molecule has 1 aliphatic carbocycles. The number of alkyl halides is 3. The van der Waals surface area contributed by atoms with Gasteiger partial charge >= 0.3 is 12.1 Å². The fourth-order valence-corrected chi connectivity index (χ4v) is 4.45. The minimum absolute atomic E-state index is 0.0577. The van der Waals surface area contributed by atoms with Crippen molar-refractivity contribution in [2.24, 2.45) is 10.5 Å². The lowest BCUT2D eigenvalue weighted by Gasteiger charge is -2.40. The Bertz CT molecular complexity index is 1260. The maximum Gasteiger partial charge on any atom is 0.470 e. The van der Waals surface area contributed by atoms with Gasteiger partial charge in [0, 0.05) is 23.3 Å². The van der Waals surface area contributed by atoms with E-state index in [9.17, 15) is 22.8 Å². The number of allylic oxidation sites excluding steroid dienone is 1. The standard InChI is InChI=1S/C24H21F3N4O4/c1-23(2)17-10-13(18-4-3-9-34-18)6-8-16(17)20(32)31(22(23)33)12-15-7-5-14(11-28-15)19-29-30-21(35-19)24(25,26)27/h3-9,11,13,19,29H,10,12H2,1-2H3. The van der Waals surface area contributed by atoms with Crippen LogP contribution in [-0.2, 0) is 20.9 Å². The van der Waals surface area contributed by atoms with Crippen LogP contribution in [0, 0.1) is 5.41 Å². The second-order valence-electron chi connectivity index (χ2n) is 9.02. The van der Waals surface area contributed by atoms with Crippen molar-refractivity contribution in [1.29, 1.82) is 0 Å². The highest BCUT2D eigenvalue weighted by Crippen LogP contribution is 2.45. The van der Waals surface area contributed by atoms with E-state index in [1.807, 2.05) is 12.1 Å². The molecule has 2 unspecified atom stereocenters. The number of hydrogen-bond acceptors (Lipinski definition) is 7. The molecule has 5 rings (SSSR count). The lowest BCUT2D eigenvalue weighted by Crippen LogP contribution is -2.50. The first kappa shape index (κ1) is 22.9. The number of pyridine rings is 1. The molecule has 0 saturated carbocycles. The van der Waals surface area contributed by atoms with E-state index in [1.54, 1.807) is 32.3 Å². The Hall–Kier alpha value is -3.89. The number of imide groups is 1. The molecule has 0 aromatic carbocycles. The van der Waals surface area contributed by atoms with Gasteiger partial charge in [-0.05, 0) is 50.1 Å². The van der Waals surface area contributed by atoms with Crippen LogP contribution in [0.5, 0.6) is 0 Å². The van der Waals surface area contributed by atoms with Crippen molar-refractivity contribution in [3.05, 3.63) is 77.0 Å². The lowest BCUT2D eigenvalue weighted by molar-refractivity contribution is -0.150. The van der Waals surface area contributed by atoms with Crippen molar-refractivity contribution in [3.8, 4) is 0 Å². The second-order valence-corrected chi connectivity index (χ2v) is 9.02. The van der Waals surface area contributed by atoms with E-state index in [0.717, 1.165) is 16.2 Å². The number of halogens is 3. The van der Waals surface area contributed by atoms with Crippen molar-refractivity contribution in [2.45, 2.75) is 45.1 Å². The van der Waals surface area contributed by atoms with E-state index in [2.05, 4.69) is 15.5 Å². The van der Waals surface area contributed by atoms with Gasteiger partial charge in [0.15, 0.2) is 0 Å². The Morgan fingerprint density at radius 2 is 2.03 bits per heavy atom. The van der Waals surface area contributed by atoms with Crippen molar-refractivity contribution in [2.75, 3.05) is 0 Å². The van der Waals surface area contributed by atoms with Crippen molar-refractivity contribution >= 4 is 17.7 Å². The molecule has 2 amide bonds. The van der Waals surface area contributed by atoms with Gasteiger partial charge in [0.25, 0.3) is 5.91 Å². The van der Waals surface area contributed by atoms with Gasteiger partial charge in [0.05, 0.1) is 23.9 Å². The molecule has 0 spiro atoms. The zero-order valence-electron chi connectivity index (χ0n) is 18.8. The van der Waals surface area contributed by atoms with Crippen LogP contribution < -0.4 is 5.43 Å². The predicted octanol–water partition coefficient (Wildman–Crippen LogP) is 4.10. The molecule has 11 heteroatoms. The molecule has 8 nitrogen and oxygen atoms in total. The molecule has 3 aliphatic rings. The third-order valence-electron chi connectivity index (χ3n) is 6.39. The molecule has 0 fully saturated rings. The summed E-state index contributed by atoms with van der Waals surface area (Å²) in [7, 11) is 0. The second kappa shape index (κ2) is 8.10. The van der Waals surface area contributed by atoms with E-state index in [1.165, 1.54) is 18.3 Å². The number of furan rings is 1. The number of hydrazone groups is 1. The summed E-state index contributed by atoms with van der Waals surface area (Å²) in [6.07, 6.45) is 1.23. The van der Waals surface area contributed by atoms with Crippen LogP contribution >= 0.6 is 0 Å². The third-order valence-corrected chi connectivity index (χ3v) is 6.39. The summed E-state index contributed by atoms with van der Waals surface area (Å²) in [6, 6.07) is 6.71. The Morgan fingerprint density at radius 1 is 1.23 bits per heavy atom. The van der Waals surface area contributed by atoms with Gasteiger partial charge in [-0.25, -0.2) is 0 Å². The number of nitrogens with one attached hydrogen (secondary N) is 1. The van der Waals surface area contributed by atoms with Crippen LogP contribution in [0.15, 0.2) is 69.5 Å². The van der Waals surface area contributed by atoms with Crippen LogP contribution in [0.1, 0.15) is 49.4 Å². The van der Waals surface area contributed by atoms with Crippen LogP contribution in [0.3, 0.4) is 0 Å². The van der Waals surface area contributed by atoms with Gasteiger partial charge in [0.2, 0.25) is 12.1 Å². The molecule has 2 aromatic rings. The molecule has 4 heterocycles. The highest BCUT2D eigenvalue weighted by molar-refractivity contribution is 6.12. The molecule has 35 heavy (non-hydrogen) atoms. The number of rotatable bonds is 4.